The molecule has 1 aromatic heterocycles. The Morgan fingerprint density at radius 2 is 1.84 bits per heavy atom. The van der Waals surface area contributed by atoms with Gasteiger partial charge in [0, 0.05) is 18.4 Å². The second kappa shape index (κ2) is 8.70. The largest absolute Gasteiger partial charge is 0.497 e. The molecule has 0 atom stereocenters. The Morgan fingerprint density at radius 3 is 2.55 bits per heavy atom. The van der Waals surface area contributed by atoms with Gasteiger partial charge in [-0.1, -0.05) is 0 Å². The highest BCUT2D eigenvalue weighted by Gasteiger charge is 2.24. The van der Waals surface area contributed by atoms with Gasteiger partial charge in [0.1, 0.15) is 24.3 Å². The minimum Gasteiger partial charge on any atom is -0.497 e. The number of amides is 2. The van der Waals surface area contributed by atoms with Crippen LogP contribution < -0.4 is 15.2 Å². The van der Waals surface area contributed by atoms with Gasteiger partial charge >= 0.3 is 5.97 Å². The van der Waals surface area contributed by atoms with Crippen molar-refractivity contribution in [2.24, 2.45) is 0 Å². The average molecular weight is 421 g/mol. The van der Waals surface area contributed by atoms with E-state index >= 15 is 0 Å². The first-order chi connectivity index (χ1) is 15.0. The minimum absolute atomic E-state index is 0.0547. The number of hydrazine groups is 1. The summed E-state index contributed by atoms with van der Waals surface area (Å²) in [7, 11) is 1.59. The molecule has 2 amide bonds. The Kier molecular flexibility index (Phi) is 5.65. The molecule has 0 aliphatic carbocycles. The van der Waals surface area contributed by atoms with Crippen molar-refractivity contribution >= 4 is 23.5 Å². The molecule has 0 unspecified atom stereocenters. The van der Waals surface area contributed by atoms with Gasteiger partial charge in [-0.15, -0.1) is 0 Å². The fourth-order valence-electron chi connectivity index (χ4n) is 2.99. The number of methoxy groups -OCH3 is 1. The molecule has 1 aliphatic rings. The highest BCUT2D eigenvalue weighted by Crippen LogP contribution is 2.22. The molecule has 3 aromatic rings. The molecule has 9 heteroatoms. The van der Waals surface area contributed by atoms with Gasteiger partial charge in [0.25, 0.3) is 0 Å². The van der Waals surface area contributed by atoms with Crippen LogP contribution in [0.15, 0.2) is 59.2 Å². The van der Waals surface area contributed by atoms with Crippen LogP contribution in [0.5, 0.6) is 5.75 Å². The van der Waals surface area contributed by atoms with E-state index < -0.39 is 5.97 Å². The molecule has 0 spiro atoms. The summed E-state index contributed by atoms with van der Waals surface area (Å²) >= 11 is 0. The van der Waals surface area contributed by atoms with Gasteiger partial charge in [-0.25, -0.2) is 14.8 Å². The molecular weight excluding hydrogens is 402 g/mol. The first-order valence-electron chi connectivity index (χ1n) is 9.52. The Morgan fingerprint density at radius 1 is 1.10 bits per heavy atom. The first kappa shape index (κ1) is 20.1. The van der Waals surface area contributed by atoms with E-state index in [-0.39, 0.29) is 31.3 Å². The van der Waals surface area contributed by atoms with E-state index in [2.05, 4.69) is 10.4 Å². The average Bonchev–Trinajstić information content (AvgIpc) is 3.28. The van der Waals surface area contributed by atoms with Crippen molar-refractivity contribution < 1.29 is 28.3 Å². The number of hydrogen-bond acceptors (Lipinski definition) is 7. The lowest BCUT2D eigenvalue weighted by molar-refractivity contribution is -0.130. The molecule has 1 saturated heterocycles. The van der Waals surface area contributed by atoms with Crippen LogP contribution in [0.1, 0.15) is 28.9 Å². The van der Waals surface area contributed by atoms with Gasteiger partial charge in [0.15, 0.2) is 0 Å². The van der Waals surface area contributed by atoms with Crippen LogP contribution >= 0.6 is 0 Å². The zero-order valence-electron chi connectivity index (χ0n) is 16.7. The van der Waals surface area contributed by atoms with E-state index in [0.717, 1.165) is 11.3 Å². The molecule has 4 rings (SSSR count). The molecule has 9 nitrogen and oxygen atoms in total. The summed E-state index contributed by atoms with van der Waals surface area (Å²) in [4.78, 5) is 40.1. The zero-order chi connectivity index (χ0) is 21.8. The van der Waals surface area contributed by atoms with Crippen molar-refractivity contribution in [1.82, 2.24) is 10.4 Å². The van der Waals surface area contributed by atoms with Crippen LogP contribution in [-0.2, 0) is 20.9 Å². The summed E-state index contributed by atoms with van der Waals surface area (Å²) in [5.74, 6) is 0.140. The number of anilines is 1. The molecule has 1 N–H and O–H groups in total. The maximum atomic E-state index is 12.3. The van der Waals surface area contributed by atoms with Crippen LogP contribution in [0.25, 0.3) is 11.5 Å². The summed E-state index contributed by atoms with van der Waals surface area (Å²) < 4.78 is 15.9. The predicted molar refractivity (Wildman–Crippen MR) is 109 cm³/mol. The SMILES string of the molecule is COc1ccc(-c2nc(COC(=O)c3ccc(N4NC(=O)CCC4=O)cc3)co2)cc1. The van der Waals surface area contributed by atoms with Gasteiger partial charge in [0.05, 0.1) is 18.4 Å². The van der Waals surface area contributed by atoms with Crippen molar-refractivity contribution in [3.05, 3.63) is 66.1 Å². The van der Waals surface area contributed by atoms with Crippen LogP contribution in [0.2, 0.25) is 0 Å². The van der Waals surface area contributed by atoms with Gasteiger partial charge in [0.2, 0.25) is 17.7 Å². The summed E-state index contributed by atoms with van der Waals surface area (Å²) in [6, 6.07) is 13.4. The number of hydrogen-bond donors (Lipinski definition) is 1. The standard InChI is InChI=1S/C22H19N3O6/c1-29-18-8-4-14(5-9-18)21-23-16(12-30-21)13-31-22(28)15-2-6-17(7-3-15)25-20(27)11-10-19(26)24-25/h2-9,12H,10-11,13H2,1H3,(H,24,26). The normalized spacial score (nSPS) is 13.6. The fraction of sp³-hybridized carbons (Fsp3) is 0.182. The molecule has 0 saturated carbocycles. The molecule has 1 aliphatic heterocycles. The number of ether oxygens (including phenoxy) is 2. The maximum absolute atomic E-state index is 12.3. The van der Waals surface area contributed by atoms with Crippen molar-refractivity contribution in [3.63, 3.8) is 0 Å². The minimum atomic E-state index is -0.547. The van der Waals surface area contributed by atoms with E-state index in [1.807, 2.05) is 12.1 Å². The van der Waals surface area contributed by atoms with E-state index in [0.29, 0.717) is 22.8 Å². The third kappa shape index (κ3) is 4.55. The lowest BCUT2D eigenvalue weighted by atomic mass is 10.2. The maximum Gasteiger partial charge on any atom is 0.338 e. The van der Waals surface area contributed by atoms with Crippen molar-refractivity contribution in [1.29, 1.82) is 0 Å². The van der Waals surface area contributed by atoms with Crippen LogP contribution in [-0.4, -0.2) is 29.9 Å². The molecule has 2 aromatic carbocycles. The Balaban J connectivity index is 1.36. The van der Waals surface area contributed by atoms with Crippen LogP contribution in [0.4, 0.5) is 5.69 Å². The molecule has 0 bridgehead atoms. The van der Waals surface area contributed by atoms with Crippen molar-refractivity contribution in [3.8, 4) is 17.2 Å². The highest BCUT2D eigenvalue weighted by molar-refractivity contribution is 6.01. The Hall–Kier alpha value is -4.14. The fourth-order valence-corrected chi connectivity index (χ4v) is 2.99. The van der Waals surface area contributed by atoms with Crippen molar-refractivity contribution in [2.45, 2.75) is 19.4 Å². The Bertz CT molecular complexity index is 1110. The number of esters is 1. The number of oxazole rings is 1. The Labute approximate surface area is 177 Å². The summed E-state index contributed by atoms with van der Waals surface area (Å²) in [5, 5.41) is 1.18. The van der Waals surface area contributed by atoms with Gasteiger partial charge in [-0.3, -0.25) is 15.0 Å². The number of nitrogens with one attached hydrogen (secondary N) is 1. The second-order valence-electron chi connectivity index (χ2n) is 6.76. The van der Waals surface area contributed by atoms with E-state index in [1.54, 1.807) is 31.4 Å². The van der Waals surface area contributed by atoms with Gasteiger partial charge in [-0.05, 0) is 48.5 Å². The van der Waals surface area contributed by atoms with Crippen LogP contribution in [0, 0.1) is 0 Å². The van der Waals surface area contributed by atoms with Gasteiger partial charge < -0.3 is 13.9 Å². The zero-order valence-corrected chi connectivity index (χ0v) is 16.7. The highest BCUT2D eigenvalue weighted by atomic mass is 16.5. The van der Waals surface area contributed by atoms with E-state index in [4.69, 9.17) is 13.9 Å². The van der Waals surface area contributed by atoms with E-state index in [9.17, 15) is 14.4 Å². The number of nitrogens with zero attached hydrogens (tertiary/aromatic N) is 2. The topological polar surface area (TPSA) is 111 Å². The number of benzene rings is 2. The first-order valence-corrected chi connectivity index (χ1v) is 9.52. The number of rotatable bonds is 6. The lowest BCUT2D eigenvalue weighted by Crippen LogP contribution is -2.50. The van der Waals surface area contributed by atoms with Crippen LogP contribution in [0.3, 0.4) is 0 Å². The third-order valence-corrected chi connectivity index (χ3v) is 4.65. The molecule has 1 fully saturated rings. The number of aromatic nitrogens is 1. The van der Waals surface area contributed by atoms with E-state index in [1.165, 1.54) is 23.4 Å². The summed E-state index contributed by atoms with van der Waals surface area (Å²) in [6.45, 7) is -0.0547. The molecule has 31 heavy (non-hydrogen) atoms. The quantitative estimate of drug-likeness (QED) is 0.609. The number of carbonyl (C=O) groups excluding carboxylic acids is 3. The molecule has 158 valence electrons. The number of carbonyl (C=O) groups is 3. The summed E-state index contributed by atoms with van der Waals surface area (Å²) in [6.07, 6.45) is 1.74. The summed E-state index contributed by atoms with van der Waals surface area (Å²) in [5.41, 5.74) is 4.52. The third-order valence-electron chi connectivity index (χ3n) is 4.65. The van der Waals surface area contributed by atoms with Gasteiger partial charge in [-0.2, -0.15) is 0 Å². The monoisotopic (exact) mass is 421 g/mol. The second-order valence-corrected chi connectivity index (χ2v) is 6.76. The molecular formula is C22H19N3O6. The lowest BCUT2D eigenvalue weighted by Gasteiger charge is -2.27. The molecule has 2 heterocycles. The molecule has 0 radical (unpaired) electrons. The smallest absolute Gasteiger partial charge is 0.338 e. The van der Waals surface area contributed by atoms with Crippen molar-refractivity contribution in [2.75, 3.05) is 12.1 Å². The predicted octanol–water partition coefficient (Wildman–Crippen LogP) is 2.87.